The summed E-state index contributed by atoms with van der Waals surface area (Å²) in [6.45, 7) is 5.98. The lowest BCUT2D eigenvalue weighted by Gasteiger charge is -2.28. The normalized spacial score (nSPS) is 19.5. The highest BCUT2D eigenvalue weighted by Crippen LogP contribution is 2.39. The van der Waals surface area contributed by atoms with E-state index in [9.17, 15) is 9.59 Å². The number of aromatic nitrogens is 1. The molecule has 5 heteroatoms. The molecule has 4 nitrogen and oxygen atoms in total. The smallest absolute Gasteiger partial charge is 0.256 e. The molecule has 1 amide bonds. The van der Waals surface area contributed by atoms with Gasteiger partial charge in [0.2, 0.25) is 0 Å². The van der Waals surface area contributed by atoms with Gasteiger partial charge in [0.15, 0.2) is 5.78 Å². The minimum absolute atomic E-state index is 0.100. The molecule has 2 aliphatic rings. The first-order valence-electron chi connectivity index (χ1n) is 8.79. The lowest BCUT2D eigenvalue weighted by Crippen LogP contribution is -2.30. The first-order chi connectivity index (χ1) is 12.3. The van der Waals surface area contributed by atoms with Crippen molar-refractivity contribution in [1.29, 1.82) is 0 Å². The van der Waals surface area contributed by atoms with E-state index in [1.54, 1.807) is 11.8 Å². The van der Waals surface area contributed by atoms with E-state index in [-0.39, 0.29) is 17.1 Å². The zero-order valence-corrected chi connectivity index (χ0v) is 16.3. The number of amides is 1. The first-order valence-corrected chi connectivity index (χ1v) is 10.0. The molecular weight excluding hydrogens is 344 g/mol. The molecule has 0 saturated carbocycles. The van der Waals surface area contributed by atoms with Gasteiger partial charge >= 0.3 is 0 Å². The van der Waals surface area contributed by atoms with Crippen molar-refractivity contribution in [2.45, 2.75) is 38.5 Å². The molecule has 1 aromatic carbocycles. The third-order valence-corrected chi connectivity index (χ3v) is 6.23. The minimum Gasteiger partial charge on any atom is -0.358 e. The van der Waals surface area contributed by atoms with Gasteiger partial charge in [-0.1, -0.05) is 13.8 Å². The Morgan fingerprint density at radius 2 is 2.00 bits per heavy atom. The molecule has 1 aliphatic heterocycles. The Labute approximate surface area is 157 Å². The molecule has 2 aromatic rings. The number of aryl methyl sites for hydroxylation is 1. The number of aromatic amines is 1. The first kappa shape index (κ1) is 17.2. The van der Waals surface area contributed by atoms with Gasteiger partial charge < -0.3 is 10.3 Å². The number of H-pyrrole nitrogens is 1. The Morgan fingerprint density at radius 1 is 1.23 bits per heavy atom. The maximum Gasteiger partial charge on any atom is 0.256 e. The molecule has 4 rings (SSSR count). The number of hydrogen-bond acceptors (Lipinski definition) is 3. The molecule has 0 saturated heterocycles. The standard InChI is InChI=1S/C21H22N2O2S/c1-11-17(22-16-7-8-21(2,3)19(24)18(11)16)10-14-13-9-12(26-4)5-6-15(13)23-20(14)25/h5-6,9-10,22H,7-8H2,1-4H3,(H,23,25)/b14-10-. The fraction of sp³-hybridized carbons (Fsp3) is 0.333. The summed E-state index contributed by atoms with van der Waals surface area (Å²) >= 11 is 1.65. The van der Waals surface area contributed by atoms with E-state index in [4.69, 9.17) is 0 Å². The van der Waals surface area contributed by atoms with Crippen LogP contribution in [0.2, 0.25) is 0 Å². The van der Waals surface area contributed by atoms with Crippen molar-refractivity contribution in [3.63, 3.8) is 0 Å². The summed E-state index contributed by atoms with van der Waals surface area (Å²) in [6, 6.07) is 5.99. The summed E-state index contributed by atoms with van der Waals surface area (Å²) in [5, 5.41) is 2.92. The Hall–Kier alpha value is -2.27. The number of fused-ring (bicyclic) bond motifs is 2. The molecule has 0 bridgehead atoms. The SMILES string of the molecule is CSc1ccc2c(c1)/C(=C/c1[nH]c3c(c1C)C(=O)C(C)(C)CC3)C(=O)N2. The van der Waals surface area contributed by atoms with Gasteiger partial charge in [-0.25, -0.2) is 0 Å². The van der Waals surface area contributed by atoms with E-state index in [1.165, 1.54) is 0 Å². The zero-order valence-electron chi connectivity index (χ0n) is 15.4. The highest BCUT2D eigenvalue weighted by Gasteiger charge is 2.37. The fourth-order valence-electron chi connectivity index (χ4n) is 3.79. The van der Waals surface area contributed by atoms with Crippen LogP contribution in [-0.2, 0) is 11.2 Å². The van der Waals surface area contributed by atoms with E-state index in [2.05, 4.69) is 10.3 Å². The van der Waals surface area contributed by atoms with Gasteiger partial charge in [0, 0.05) is 38.5 Å². The van der Waals surface area contributed by atoms with Crippen LogP contribution in [0.4, 0.5) is 5.69 Å². The van der Waals surface area contributed by atoms with Crippen LogP contribution in [0.15, 0.2) is 23.1 Å². The highest BCUT2D eigenvalue weighted by molar-refractivity contribution is 7.98. The average Bonchev–Trinajstić information content (AvgIpc) is 3.09. The van der Waals surface area contributed by atoms with E-state index in [0.717, 1.165) is 51.5 Å². The Bertz CT molecular complexity index is 982. The van der Waals surface area contributed by atoms with Gasteiger partial charge in [0.05, 0.1) is 5.57 Å². The summed E-state index contributed by atoms with van der Waals surface area (Å²) in [5.74, 6) is 0.0926. The van der Waals surface area contributed by atoms with Gasteiger partial charge in [-0.3, -0.25) is 9.59 Å². The number of carbonyl (C=O) groups excluding carboxylic acids is 2. The number of hydrogen-bond donors (Lipinski definition) is 2. The third-order valence-electron chi connectivity index (χ3n) is 5.51. The van der Waals surface area contributed by atoms with Crippen LogP contribution in [0.5, 0.6) is 0 Å². The van der Waals surface area contributed by atoms with Crippen LogP contribution in [-0.4, -0.2) is 22.9 Å². The molecule has 134 valence electrons. The highest BCUT2D eigenvalue weighted by atomic mass is 32.2. The van der Waals surface area contributed by atoms with Crippen molar-refractivity contribution in [1.82, 2.24) is 4.98 Å². The van der Waals surface area contributed by atoms with Crippen molar-refractivity contribution in [2.24, 2.45) is 5.41 Å². The topological polar surface area (TPSA) is 62.0 Å². The van der Waals surface area contributed by atoms with E-state index >= 15 is 0 Å². The second-order valence-corrected chi connectivity index (χ2v) is 8.53. The van der Waals surface area contributed by atoms with Crippen LogP contribution in [0.1, 0.15) is 53.1 Å². The van der Waals surface area contributed by atoms with E-state index in [0.29, 0.717) is 5.57 Å². The van der Waals surface area contributed by atoms with Crippen molar-refractivity contribution in [3.05, 3.63) is 46.3 Å². The molecule has 0 spiro atoms. The number of benzene rings is 1. The number of rotatable bonds is 2. The summed E-state index contributed by atoms with van der Waals surface area (Å²) in [5.41, 5.74) is 5.67. The predicted molar refractivity (Wildman–Crippen MR) is 107 cm³/mol. The molecule has 2 N–H and O–H groups in total. The number of anilines is 1. The van der Waals surface area contributed by atoms with E-state index < -0.39 is 0 Å². The second kappa shape index (κ2) is 5.88. The molecule has 0 radical (unpaired) electrons. The quantitative estimate of drug-likeness (QED) is 0.598. The minimum atomic E-state index is -0.324. The molecule has 26 heavy (non-hydrogen) atoms. The molecule has 0 unspecified atom stereocenters. The monoisotopic (exact) mass is 366 g/mol. The van der Waals surface area contributed by atoms with Gasteiger partial charge in [0.1, 0.15) is 0 Å². The van der Waals surface area contributed by atoms with Crippen LogP contribution in [0.25, 0.3) is 11.6 Å². The van der Waals surface area contributed by atoms with Crippen molar-refractivity contribution >= 4 is 40.8 Å². The van der Waals surface area contributed by atoms with Crippen LogP contribution >= 0.6 is 11.8 Å². The van der Waals surface area contributed by atoms with Crippen LogP contribution < -0.4 is 5.32 Å². The average molecular weight is 366 g/mol. The predicted octanol–water partition coefficient (Wildman–Crippen LogP) is 4.69. The Balaban J connectivity index is 1.82. The fourth-order valence-corrected chi connectivity index (χ4v) is 4.23. The number of carbonyl (C=O) groups is 2. The number of ketones is 1. The summed E-state index contributed by atoms with van der Waals surface area (Å²) in [6.07, 6.45) is 5.61. The lowest BCUT2D eigenvalue weighted by molar-refractivity contribution is -0.110. The maximum absolute atomic E-state index is 12.8. The molecule has 0 fully saturated rings. The Kier molecular flexibility index (Phi) is 3.88. The van der Waals surface area contributed by atoms with Crippen LogP contribution in [0, 0.1) is 12.3 Å². The number of Topliss-reactive ketones (excluding diaryl/α,β-unsaturated/α-hetero) is 1. The largest absolute Gasteiger partial charge is 0.358 e. The van der Waals surface area contributed by atoms with Gasteiger partial charge in [-0.15, -0.1) is 11.8 Å². The van der Waals surface area contributed by atoms with Crippen molar-refractivity contribution in [2.75, 3.05) is 11.6 Å². The van der Waals surface area contributed by atoms with Crippen molar-refractivity contribution in [3.8, 4) is 0 Å². The number of nitrogens with one attached hydrogen (secondary N) is 2. The maximum atomic E-state index is 12.8. The van der Waals surface area contributed by atoms with Gasteiger partial charge in [-0.2, -0.15) is 0 Å². The molecule has 0 atom stereocenters. The van der Waals surface area contributed by atoms with E-state index in [1.807, 2.05) is 51.3 Å². The Morgan fingerprint density at radius 3 is 2.73 bits per heavy atom. The van der Waals surface area contributed by atoms with Crippen LogP contribution in [0.3, 0.4) is 0 Å². The molecule has 2 heterocycles. The summed E-state index contributed by atoms with van der Waals surface area (Å²) < 4.78 is 0. The number of thioether (sulfide) groups is 1. The summed E-state index contributed by atoms with van der Waals surface area (Å²) in [4.78, 5) is 29.8. The summed E-state index contributed by atoms with van der Waals surface area (Å²) in [7, 11) is 0. The van der Waals surface area contributed by atoms with Gasteiger partial charge in [-0.05, 0) is 55.9 Å². The molecule has 1 aromatic heterocycles. The zero-order chi connectivity index (χ0) is 18.6. The third kappa shape index (κ3) is 2.53. The second-order valence-electron chi connectivity index (χ2n) is 7.65. The molecular formula is C21H22N2O2S. The lowest BCUT2D eigenvalue weighted by atomic mass is 9.74. The molecule has 1 aliphatic carbocycles. The van der Waals surface area contributed by atoms with Gasteiger partial charge in [0.25, 0.3) is 5.91 Å². The van der Waals surface area contributed by atoms with Crippen molar-refractivity contribution < 1.29 is 9.59 Å².